The standard InChI is InChI=1S/C13H14Cl2N2/c1-7-5-11(14)13(12(15)6-7)17-10(4)8(2)9(3)16-17/h5-6H,1-4H3. The van der Waals surface area contributed by atoms with Gasteiger partial charge in [0.1, 0.15) is 5.69 Å². The summed E-state index contributed by atoms with van der Waals surface area (Å²) in [6.45, 7) is 8.01. The highest BCUT2D eigenvalue weighted by Crippen LogP contribution is 2.31. The van der Waals surface area contributed by atoms with Crippen molar-refractivity contribution in [2.75, 3.05) is 0 Å². The molecule has 1 heterocycles. The van der Waals surface area contributed by atoms with Gasteiger partial charge in [-0.1, -0.05) is 23.2 Å². The number of aryl methyl sites for hydroxylation is 2. The first-order valence-corrected chi connectivity index (χ1v) is 6.16. The maximum absolute atomic E-state index is 6.26. The molecule has 2 rings (SSSR count). The number of aromatic nitrogens is 2. The number of benzene rings is 1. The zero-order valence-electron chi connectivity index (χ0n) is 10.3. The molecule has 1 aromatic heterocycles. The van der Waals surface area contributed by atoms with Gasteiger partial charge in [-0.25, -0.2) is 4.68 Å². The zero-order valence-corrected chi connectivity index (χ0v) is 11.8. The Morgan fingerprint density at radius 3 is 1.94 bits per heavy atom. The van der Waals surface area contributed by atoms with Gasteiger partial charge in [0.25, 0.3) is 0 Å². The Labute approximate surface area is 111 Å². The zero-order chi connectivity index (χ0) is 12.7. The molecule has 0 spiro atoms. The first-order valence-electron chi connectivity index (χ1n) is 5.40. The second-order valence-electron chi connectivity index (χ2n) is 4.28. The molecule has 90 valence electrons. The summed E-state index contributed by atoms with van der Waals surface area (Å²) >= 11 is 12.5. The number of rotatable bonds is 1. The second-order valence-corrected chi connectivity index (χ2v) is 5.10. The fraction of sp³-hybridized carbons (Fsp3) is 0.308. The topological polar surface area (TPSA) is 17.8 Å². The molecule has 4 heteroatoms. The van der Waals surface area contributed by atoms with E-state index >= 15 is 0 Å². The van der Waals surface area contributed by atoms with Crippen molar-refractivity contribution in [2.24, 2.45) is 0 Å². The maximum atomic E-state index is 6.26. The summed E-state index contributed by atoms with van der Waals surface area (Å²) in [6, 6.07) is 3.79. The lowest BCUT2D eigenvalue weighted by Crippen LogP contribution is -2.01. The molecule has 0 aliphatic carbocycles. The van der Waals surface area contributed by atoms with Crippen LogP contribution in [0.2, 0.25) is 10.0 Å². The fourth-order valence-corrected chi connectivity index (χ4v) is 2.59. The van der Waals surface area contributed by atoms with Crippen molar-refractivity contribution in [2.45, 2.75) is 27.7 Å². The van der Waals surface area contributed by atoms with Gasteiger partial charge in [0, 0.05) is 5.69 Å². The van der Waals surface area contributed by atoms with Gasteiger partial charge < -0.3 is 0 Å². The summed E-state index contributed by atoms with van der Waals surface area (Å²) < 4.78 is 1.81. The molecule has 0 saturated heterocycles. The summed E-state index contributed by atoms with van der Waals surface area (Å²) in [5, 5.41) is 5.73. The van der Waals surface area contributed by atoms with E-state index in [-0.39, 0.29) is 0 Å². The van der Waals surface area contributed by atoms with E-state index in [2.05, 4.69) is 5.10 Å². The monoisotopic (exact) mass is 268 g/mol. The normalized spacial score (nSPS) is 10.9. The van der Waals surface area contributed by atoms with Crippen molar-refractivity contribution in [3.8, 4) is 5.69 Å². The van der Waals surface area contributed by atoms with Crippen LogP contribution >= 0.6 is 23.2 Å². The van der Waals surface area contributed by atoms with Crippen LogP contribution in [0, 0.1) is 27.7 Å². The summed E-state index contributed by atoms with van der Waals surface area (Å²) in [7, 11) is 0. The van der Waals surface area contributed by atoms with Gasteiger partial charge in [-0.2, -0.15) is 5.10 Å². The van der Waals surface area contributed by atoms with Crippen LogP contribution in [0.25, 0.3) is 5.69 Å². The molecule has 17 heavy (non-hydrogen) atoms. The van der Waals surface area contributed by atoms with Crippen molar-refractivity contribution >= 4 is 23.2 Å². The van der Waals surface area contributed by atoms with Crippen LogP contribution in [0.4, 0.5) is 0 Å². The van der Waals surface area contributed by atoms with E-state index in [9.17, 15) is 0 Å². The third-order valence-corrected chi connectivity index (χ3v) is 3.60. The van der Waals surface area contributed by atoms with Crippen molar-refractivity contribution in [3.05, 3.63) is 44.7 Å². The van der Waals surface area contributed by atoms with Gasteiger partial charge in [0.15, 0.2) is 0 Å². The first kappa shape index (κ1) is 12.5. The Bertz CT molecular complexity index is 562. The van der Waals surface area contributed by atoms with Gasteiger partial charge in [0.2, 0.25) is 0 Å². The molecular formula is C13H14Cl2N2. The molecule has 0 amide bonds. The minimum Gasteiger partial charge on any atom is -0.235 e. The van der Waals surface area contributed by atoms with E-state index in [0.717, 1.165) is 28.2 Å². The van der Waals surface area contributed by atoms with Gasteiger partial charge in [0.05, 0.1) is 15.7 Å². The molecule has 1 aromatic carbocycles. The highest BCUT2D eigenvalue weighted by Gasteiger charge is 2.15. The molecule has 0 aliphatic rings. The van der Waals surface area contributed by atoms with Crippen molar-refractivity contribution in [1.29, 1.82) is 0 Å². The van der Waals surface area contributed by atoms with Crippen LogP contribution < -0.4 is 0 Å². The highest BCUT2D eigenvalue weighted by atomic mass is 35.5. The number of hydrogen-bond donors (Lipinski definition) is 0. The van der Waals surface area contributed by atoms with E-state index in [1.165, 1.54) is 0 Å². The third kappa shape index (κ3) is 2.07. The first-order chi connectivity index (χ1) is 7.91. The minimum absolute atomic E-state index is 0.626. The van der Waals surface area contributed by atoms with E-state index in [1.807, 2.05) is 44.5 Å². The molecule has 0 saturated carbocycles. The fourth-order valence-electron chi connectivity index (χ4n) is 1.83. The van der Waals surface area contributed by atoms with Gasteiger partial charge >= 0.3 is 0 Å². The molecule has 2 nitrogen and oxygen atoms in total. The largest absolute Gasteiger partial charge is 0.235 e. The van der Waals surface area contributed by atoms with Crippen molar-refractivity contribution in [1.82, 2.24) is 9.78 Å². The number of halogens is 2. The molecule has 0 radical (unpaired) electrons. The molecule has 0 fully saturated rings. The van der Waals surface area contributed by atoms with E-state index in [4.69, 9.17) is 23.2 Å². The summed E-state index contributed by atoms with van der Waals surface area (Å²) in [5.74, 6) is 0. The predicted molar refractivity (Wildman–Crippen MR) is 72.5 cm³/mol. The van der Waals surface area contributed by atoms with Crippen molar-refractivity contribution < 1.29 is 0 Å². The molecular weight excluding hydrogens is 255 g/mol. The van der Waals surface area contributed by atoms with Crippen LogP contribution in [-0.2, 0) is 0 Å². The molecule has 0 N–H and O–H groups in total. The van der Waals surface area contributed by atoms with Gasteiger partial charge in [-0.05, 0) is 51.0 Å². The maximum Gasteiger partial charge on any atom is 0.102 e. The lowest BCUT2D eigenvalue weighted by Gasteiger charge is -2.10. The average molecular weight is 269 g/mol. The Kier molecular flexibility index (Phi) is 3.19. The van der Waals surface area contributed by atoms with Gasteiger partial charge in [-0.15, -0.1) is 0 Å². The van der Waals surface area contributed by atoms with Crippen LogP contribution in [0.15, 0.2) is 12.1 Å². The molecule has 0 bridgehead atoms. The smallest absolute Gasteiger partial charge is 0.102 e. The number of nitrogens with zero attached hydrogens (tertiary/aromatic N) is 2. The summed E-state index contributed by atoms with van der Waals surface area (Å²) in [5.41, 5.74) is 5.03. The number of hydrogen-bond acceptors (Lipinski definition) is 1. The van der Waals surface area contributed by atoms with Crippen LogP contribution in [0.1, 0.15) is 22.5 Å². The average Bonchev–Trinajstić information content (AvgIpc) is 2.45. The van der Waals surface area contributed by atoms with Crippen LogP contribution in [0.5, 0.6) is 0 Å². The SMILES string of the molecule is Cc1cc(Cl)c(-n2nc(C)c(C)c2C)c(Cl)c1. The van der Waals surface area contributed by atoms with Crippen LogP contribution in [0.3, 0.4) is 0 Å². The molecule has 2 aromatic rings. The highest BCUT2D eigenvalue weighted by molar-refractivity contribution is 6.37. The Morgan fingerprint density at radius 2 is 1.53 bits per heavy atom. The second kappa shape index (κ2) is 4.35. The summed E-state index contributed by atoms with van der Waals surface area (Å²) in [6.07, 6.45) is 0. The predicted octanol–water partition coefficient (Wildman–Crippen LogP) is 4.41. The van der Waals surface area contributed by atoms with E-state index in [0.29, 0.717) is 10.0 Å². The lowest BCUT2D eigenvalue weighted by atomic mass is 10.2. The molecule has 0 unspecified atom stereocenters. The molecule has 0 atom stereocenters. The van der Waals surface area contributed by atoms with Crippen LogP contribution in [-0.4, -0.2) is 9.78 Å². The summed E-state index contributed by atoms with van der Waals surface area (Å²) in [4.78, 5) is 0. The Balaban J connectivity index is 2.73. The van der Waals surface area contributed by atoms with E-state index < -0.39 is 0 Å². The molecule has 0 aliphatic heterocycles. The van der Waals surface area contributed by atoms with E-state index in [1.54, 1.807) is 0 Å². The Morgan fingerprint density at radius 1 is 1.00 bits per heavy atom. The quantitative estimate of drug-likeness (QED) is 0.749. The minimum atomic E-state index is 0.626. The Hall–Kier alpha value is -0.990. The van der Waals surface area contributed by atoms with Crippen molar-refractivity contribution in [3.63, 3.8) is 0 Å². The van der Waals surface area contributed by atoms with Gasteiger partial charge in [-0.3, -0.25) is 0 Å². The lowest BCUT2D eigenvalue weighted by molar-refractivity contribution is 0.833. The third-order valence-electron chi connectivity index (χ3n) is 3.03.